The van der Waals surface area contributed by atoms with Crippen LogP contribution in [0.3, 0.4) is 0 Å². The van der Waals surface area contributed by atoms with Crippen LogP contribution in [0.5, 0.6) is 0 Å². The summed E-state index contributed by atoms with van der Waals surface area (Å²) in [5.74, 6) is 0. The highest BCUT2D eigenvalue weighted by Gasteiger charge is 2.13. The van der Waals surface area contributed by atoms with E-state index in [0.717, 1.165) is 25.8 Å². The molecule has 1 aromatic carbocycles. The lowest BCUT2D eigenvalue weighted by molar-refractivity contribution is 0.498. The van der Waals surface area contributed by atoms with Crippen molar-refractivity contribution >= 4 is 15.9 Å². The number of nitrogens with zero attached hydrogens (tertiary/aromatic N) is 2. The molecule has 108 valence electrons. The minimum Gasteiger partial charge on any atom is -0.310 e. The highest BCUT2D eigenvalue weighted by atomic mass is 79.9. The van der Waals surface area contributed by atoms with Gasteiger partial charge in [0.1, 0.15) is 0 Å². The molecule has 0 aliphatic rings. The Morgan fingerprint density at radius 1 is 1.35 bits per heavy atom. The number of nitrogens with one attached hydrogen (secondary N) is 1. The van der Waals surface area contributed by atoms with E-state index in [1.165, 1.54) is 15.6 Å². The van der Waals surface area contributed by atoms with Gasteiger partial charge in [-0.3, -0.25) is 4.68 Å². The van der Waals surface area contributed by atoms with Crippen molar-refractivity contribution in [3.63, 3.8) is 0 Å². The molecule has 0 spiro atoms. The average Bonchev–Trinajstić information content (AvgIpc) is 2.86. The molecule has 1 atom stereocenters. The number of hydrogen-bond donors (Lipinski definition) is 1. The molecule has 0 amide bonds. The van der Waals surface area contributed by atoms with Gasteiger partial charge in [-0.05, 0) is 43.0 Å². The van der Waals surface area contributed by atoms with E-state index in [9.17, 15) is 0 Å². The summed E-state index contributed by atoms with van der Waals surface area (Å²) in [5.41, 5.74) is 2.63. The summed E-state index contributed by atoms with van der Waals surface area (Å²) in [7, 11) is 1.96. The second-order valence-corrected chi connectivity index (χ2v) is 5.94. The summed E-state index contributed by atoms with van der Waals surface area (Å²) in [6, 6.07) is 8.85. The van der Waals surface area contributed by atoms with Gasteiger partial charge >= 0.3 is 0 Å². The van der Waals surface area contributed by atoms with Gasteiger partial charge in [0.15, 0.2) is 0 Å². The average molecular weight is 336 g/mol. The Morgan fingerprint density at radius 2 is 2.15 bits per heavy atom. The summed E-state index contributed by atoms with van der Waals surface area (Å²) in [5, 5.41) is 7.88. The minimum absolute atomic E-state index is 0.380. The predicted octanol–water partition coefficient (Wildman–Crippen LogP) is 3.86. The van der Waals surface area contributed by atoms with Gasteiger partial charge in [-0.15, -0.1) is 0 Å². The van der Waals surface area contributed by atoms with Gasteiger partial charge in [0.05, 0.1) is 6.20 Å². The zero-order chi connectivity index (χ0) is 14.4. The van der Waals surface area contributed by atoms with E-state index in [2.05, 4.69) is 63.7 Å². The van der Waals surface area contributed by atoms with Crippen LogP contribution >= 0.6 is 15.9 Å². The quantitative estimate of drug-likeness (QED) is 0.832. The molecule has 2 aromatic rings. The molecule has 0 aliphatic heterocycles. The van der Waals surface area contributed by atoms with E-state index in [-0.39, 0.29) is 0 Å². The Balaban J connectivity index is 2.05. The van der Waals surface area contributed by atoms with Crippen molar-refractivity contribution < 1.29 is 0 Å². The molecule has 1 N–H and O–H groups in total. The SMILES string of the molecule is CCCNC(CCc1cnn(C)c1)c1ccccc1Br. The van der Waals surface area contributed by atoms with Crippen LogP contribution in [0, 0.1) is 0 Å². The first kappa shape index (κ1) is 15.3. The van der Waals surface area contributed by atoms with Gasteiger partial charge < -0.3 is 5.32 Å². The Morgan fingerprint density at radius 3 is 2.80 bits per heavy atom. The third-order valence-corrected chi connectivity index (χ3v) is 4.12. The van der Waals surface area contributed by atoms with Crippen LogP contribution < -0.4 is 5.32 Å². The molecule has 1 unspecified atom stereocenters. The standard InChI is InChI=1S/C16H22BrN3/c1-3-10-18-16(14-6-4-5-7-15(14)17)9-8-13-11-19-20(2)12-13/h4-7,11-12,16,18H,3,8-10H2,1-2H3. The fourth-order valence-electron chi connectivity index (χ4n) is 2.36. The van der Waals surface area contributed by atoms with Gasteiger partial charge in [-0.1, -0.05) is 41.1 Å². The zero-order valence-electron chi connectivity index (χ0n) is 12.1. The minimum atomic E-state index is 0.380. The number of hydrogen-bond acceptors (Lipinski definition) is 2. The van der Waals surface area contributed by atoms with Crippen LogP contribution in [0.25, 0.3) is 0 Å². The van der Waals surface area contributed by atoms with Crippen LogP contribution in [-0.4, -0.2) is 16.3 Å². The number of rotatable bonds is 7. The zero-order valence-corrected chi connectivity index (χ0v) is 13.7. The van der Waals surface area contributed by atoms with E-state index in [4.69, 9.17) is 0 Å². The molecule has 2 rings (SSSR count). The monoisotopic (exact) mass is 335 g/mol. The van der Waals surface area contributed by atoms with E-state index < -0.39 is 0 Å². The number of aromatic nitrogens is 2. The summed E-state index contributed by atoms with van der Waals surface area (Å²) < 4.78 is 3.04. The van der Waals surface area contributed by atoms with Gasteiger partial charge in [0.2, 0.25) is 0 Å². The van der Waals surface area contributed by atoms with E-state index in [0.29, 0.717) is 6.04 Å². The highest BCUT2D eigenvalue weighted by Crippen LogP contribution is 2.26. The van der Waals surface area contributed by atoms with Gasteiger partial charge in [-0.2, -0.15) is 5.10 Å². The molecule has 0 aliphatic carbocycles. The van der Waals surface area contributed by atoms with Crippen molar-refractivity contribution in [2.45, 2.75) is 32.2 Å². The van der Waals surface area contributed by atoms with Crippen molar-refractivity contribution in [2.75, 3.05) is 6.54 Å². The van der Waals surface area contributed by atoms with Crippen LogP contribution in [0.4, 0.5) is 0 Å². The second kappa shape index (κ2) is 7.60. The molecule has 0 bridgehead atoms. The third kappa shape index (κ3) is 4.18. The van der Waals surface area contributed by atoms with Crippen molar-refractivity contribution in [1.82, 2.24) is 15.1 Å². The van der Waals surface area contributed by atoms with Crippen LogP contribution in [0.2, 0.25) is 0 Å². The van der Waals surface area contributed by atoms with E-state index in [1.807, 2.05) is 17.9 Å². The molecule has 4 heteroatoms. The normalized spacial score (nSPS) is 12.6. The second-order valence-electron chi connectivity index (χ2n) is 5.09. The summed E-state index contributed by atoms with van der Waals surface area (Å²) >= 11 is 3.66. The highest BCUT2D eigenvalue weighted by molar-refractivity contribution is 9.10. The third-order valence-electron chi connectivity index (χ3n) is 3.40. The molecule has 0 saturated carbocycles. The molecule has 0 saturated heterocycles. The Bertz CT molecular complexity index is 536. The summed E-state index contributed by atoms with van der Waals surface area (Å²) in [6.45, 7) is 3.24. The summed E-state index contributed by atoms with van der Waals surface area (Å²) in [6.07, 6.45) is 7.31. The van der Waals surface area contributed by atoms with Crippen molar-refractivity contribution in [1.29, 1.82) is 0 Å². The molecule has 3 nitrogen and oxygen atoms in total. The Hall–Kier alpha value is -1.13. The van der Waals surface area contributed by atoms with Crippen LogP contribution in [0.15, 0.2) is 41.1 Å². The van der Waals surface area contributed by atoms with E-state index in [1.54, 1.807) is 0 Å². The fourth-order valence-corrected chi connectivity index (χ4v) is 2.92. The van der Waals surface area contributed by atoms with Crippen molar-refractivity contribution in [2.24, 2.45) is 7.05 Å². The van der Waals surface area contributed by atoms with Gasteiger partial charge in [0, 0.05) is 23.8 Å². The van der Waals surface area contributed by atoms with Crippen LogP contribution in [-0.2, 0) is 13.5 Å². The molecule has 0 radical (unpaired) electrons. The lowest BCUT2D eigenvalue weighted by Crippen LogP contribution is -2.23. The maximum absolute atomic E-state index is 4.23. The first-order valence-corrected chi connectivity index (χ1v) is 7.95. The smallest absolute Gasteiger partial charge is 0.0521 e. The maximum atomic E-state index is 4.23. The molecule has 0 fully saturated rings. The number of halogens is 1. The number of aryl methyl sites for hydroxylation is 2. The largest absolute Gasteiger partial charge is 0.310 e. The van der Waals surface area contributed by atoms with Crippen molar-refractivity contribution in [3.05, 3.63) is 52.3 Å². The van der Waals surface area contributed by atoms with Gasteiger partial charge in [-0.25, -0.2) is 0 Å². The summed E-state index contributed by atoms with van der Waals surface area (Å²) in [4.78, 5) is 0. The molecule has 1 heterocycles. The molecule has 20 heavy (non-hydrogen) atoms. The van der Waals surface area contributed by atoms with E-state index >= 15 is 0 Å². The maximum Gasteiger partial charge on any atom is 0.0521 e. The molecular weight excluding hydrogens is 314 g/mol. The van der Waals surface area contributed by atoms with Gasteiger partial charge in [0.25, 0.3) is 0 Å². The Labute approximate surface area is 129 Å². The lowest BCUT2D eigenvalue weighted by Gasteiger charge is -2.20. The first-order chi connectivity index (χ1) is 9.70. The molecule has 1 aromatic heterocycles. The Kier molecular flexibility index (Phi) is 5.80. The fraction of sp³-hybridized carbons (Fsp3) is 0.438. The lowest BCUT2D eigenvalue weighted by atomic mass is 10.00. The van der Waals surface area contributed by atoms with Crippen molar-refractivity contribution in [3.8, 4) is 0 Å². The predicted molar refractivity (Wildman–Crippen MR) is 86.7 cm³/mol. The molecular formula is C16H22BrN3. The van der Waals surface area contributed by atoms with Crippen LogP contribution in [0.1, 0.15) is 36.9 Å². The first-order valence-electron chi connectivity index (χ1n) is 7.16. The topological polar surface area (TPSA) is 29.9 Å². The number of benzene rings is 1.